The van der Waals surface area contributed by atoms with Gasteiger partial charge >= 0.3 is 0 Å². The van der Waals surface area contributed by atoms with Crippen molar-refractivity contribution in [1.82, 2.24) is 10.3 Å². The molecular formula is C16H15N3OS. The quantitative estimate of drug-likeness (QED) is 0.728. The second kappa shape index (κ2) is 5.93. The Morgan fingerprint density at radius 1 is 1.19 bits per heavy atom. The van der Waals surface area contributed by atoms with Gasteiger partial charge in [-0.25, -0.2) is 0 Å². The van der Waals surface area contributed by atoms with Crippen LogP contribution in [0.25, 0.3) is 10.1 Å². The lowest BCUT2D eigenvalue weighted by Crippen LogP contribution is -2.24. The fourth-order valence-corrected chi connectivity index (χ4v) is 3.09. The number of aromatic nitrogens is 1. The van der Waals surface area contributed by atoms with E-state index in [1.54, 1.807) is 12.4 Å². The highest BCUT2D eigenvalue weighted by atomic mass is 32.1. The van der Waals surface area contributed by atoms with E-state index in [0.29, 0.717) is 17.1 Å². The van der Waals surface area contributed by atoms with E-state index < -0.39 is 0 Å². The van der Waals surface area contributed by atoms with Gasteiger partial charge in [0.15, 0.2) is 0 Å². The molecule has 106 valence electrons. The zero-order valence-electron chi connectivity index (χ0n) is 11.4. The molecule has 4 nitrogen and oxygen atoms in total. The summed E-state index contributed by atoms with van der Waals surface area (Å²) in [7, 11) is 0. The third-order valence-electron chi connectivity index (χ3n) is 3.21. The second-order valence-corrected chi connectivity index (χ2v) is 5.85. The van der Waals surface area contributed by atoms with Crippen molar-refractivity contribution in [2.45, 2.75) is 6.42 Å². The van der Waals surface area contributed by atoms with Gasteiger partial charge in [-0.3, -0.25) is 9.78 Å². The molecule has 1 aromatic carbocycles. The predicted octanol–water partition coefficient (Wildman–Crippen LogP) is 2.85. The van der Waals surface area contributed by atoms with Gasteiger partial charge in [0, 0.05) is 29.3 Å². The Kier molecular flexibility index (Phi) is 3.83. The minimum atomic E-state index is -0.0381. The fourth-order valence-electron chi connectivity index (χ4n) is 2.13. The van der Waals surface area contributed by atoms with Crippen LogP contribution in [0.5, 0.6) is 0 Å². The van der Waals surface area contributed by atoms with Gasteiger partial charge in [-0.05, 0) is 53.8 Å². The minimum absolute atomic E-state index is 0.0381. The van der Waals surface area contributed by atoms with E-state index in [0.717, 1.165) is 22.1 Å². The number of pyridine rings is 1. The molecule has 0 atom stereocenters. The molecule has 3 rings (SSSR count). The SMILES string of the molecule is Nc1ccc2sc(C(=O)NCCc3ccncc3)cc2c1. The molecule has 0 spiro atoms. The van der Waals surface area contributed by atoms with Gasteiger partial charge in [-0.1, -0.05) is 0 Å². The van der Waals surface area contributed by atoms with E-state index >= 15 is 0 Å². The highest BCUT2D eigenvalue weighted by Gasteiger charge is 2.09. The number of nitrogen functional groups attached to an aromatic ring is 1. The first kappa shape index (κ1) is 13.6. The Morgan fingerprint density at radius 3 is 2.81 bits per heavy atom. The van der Waals surface area contributed by atoms with Crippen molar-refractivity contribution in [2.24, 2.45) is 0 Å². The molecule has 3 aromatic rings. The number of carbonyl (C=O) groups excluding carboxylic acids is 1. The number of anilines is 1. The highest BCUT2D eigenvalue weighted by Crippen LogP contribution is 2.27. The molecule has 0 saturated carbocycles. The molecule has 0 saturated heterocycles. The van der Waals surface area contributed by atoms with Gasteiger partial charge < -0.3 is 11.1 Å². The smallest absolute Gasteiger partial charge is 0.261 e. The van der Waals surface area contributed by atoms with Crippen LogP contribution in [-0.4, -0.2) is 17.4 Å². The van der Waals surface area contributed by atoms with Crippen LogP contribution in [-0.2, 0) is 6.42 Å². The van der Waals surface area contributed by atoms with Gasteiger partial charge in [0.05, 0.1) is 4.88 Å². The van der Waals surface area contributed by atoms with E-state index in [9.17, 15) is 4.79 Å². The molecule has 2 aromatic heterocycles. The molecule has 0 aliphatic carbocycles. The molecule has 3 N–H and O–H groups in total. The number of hydrogen-bond acceptors (Lipinski definition) is 4. The number of benzene rings is 1. The van der Waals surface area contributed by atoms with Crippen LogP contribution in [0.3, 0.4) is 0 Å². The Morgan fingerprint density at radius 2 is 2.00 bits per heavy atom. The number of amides is 1. The average molecular weight is 297 g/mol. The third kappa shape index (κ3) is 3.20. The van der Waals surface area contributed by atoms with E-state index in [4.69, 9.17) is 5.73 Å². The molecule has 21 heavy (non-hydrogen) atoms. The maximum Gasteiger partial charge on any atom is 0.261 e. The van der Waals surface area contributed by atoms with Crippen LogP contribution in [0.15, 0.2) is 48.8 Å². The summed E-state index contributed by atoms with van der Waals surface area (Å²) in [5, 5.41) is 3.96. The molecule has 0 aliphatic rings. The summed E-state index contributed by atoms with van der Waals surface area (Å²) in [5.74, 6) is -0.0381. The first-order valence-corrected chi connectivity index (χ1v) is 7.50. The summed E-state index contributed by atoms with van der Waals surface area (Å²) in [5.41, 5.74) is 7.63. The fraction of sp³-hybridized carbons (Fsp3) is 0.125. The van der Waals surface area contributed by atoms with Crippen LogP contribution in [0, 0.1) is 0 Å². The van der Waals surface area contributed by atoms with Crippen molar-refractivity contribution in [3.8, 4) is 0 Å². The maximum absolute atomic E-state index is 12.1. The van der Waals surface area contributed by atoms with Gasteiger partial charge in [-0.2, -0.15) is 0 Å². The van der Waals surface area contributed by atoms with Crippen LogP contribution >= 0.6 is 11.3 Å². The zero-order valence-corrected chi connectivity index (χ0v) is 12.2. The lowest BCUT2D eigenvalue weighted by Gasteiger charge is -2.03. The number of nitrogens with one attached hydrogen (secondary N) is 1. The van der Waals surface area contributed by atoms with Gasteiger partial charge in [0.2, 0.25) is 0 Å². The van der Waals surface area contributed by atoms with Crippen molar-refractivity contribution in [3.05, 3.63) is 59.2 Å². The summed E-state index contributed by atoms with van der Waals surface area (Å²) in [6.45, 7) is 0.610. The average Bonchev–Trinajstić information content (AvgIpc) is 2.91. The van der Waals surface area contributed by atoms with Crippen molar-refractivity contribution in [2.75, 3.05) is 12.3 Å². The third-order valence-corrected chi connectivity index (χ3v) is 4.33. The monoisotopic (exact) mass is 297 g/mol. The van der Waals surface area contributed by atoms with Gasteiger partial charge in [0.25, 0.3) is 5.91 Å². The first-order chi connectivity index (χ1) is 10.2. The summed E-state index contributed by atoms with van der Waals surface area (Å²) < 4.78 is 1.07. The van der Waals surface area contributed by atoms with Crippen LogP contribution in [0.2, 0.25) is 0 Å². The molecule has 0 unspecified atom stereocenters. The number of hydrogen-bond donors (Lipinski definition) is 2. The Hall–Kier alpha value is -2.40. The predicted molar refractivity (Wildman–Crippen MR) is 86.5 cm³/mol. The lowest BCUT2D eigenvalue weighted by atomic mass is 10.2. The molecule has 5 heteroatoms. The number of thiophene rings is 1. The molecule has 0 bridgehead atoms. The summed E-state index contributed by atoms with van der Waals surface area (Å²) in [6, 6.07) is 11.5. The molecular weight excluding hydrogens is 282 g/mol. The number of nitrogens with two attached hydrogens (primary N) is 1. The van der Waals surface area contributed by atoms with Crippen LogP contribution < -0.4 is 11.1 Å². The molecule has 2 heterocycles. The van der Waals surface area contributed by atoms with E-state index in [2.05, 4.69) is 10.3 Å². The summed E-state index contributed by atoms with van der Waals surface area (Å²) >= 11 is 1.48. The van der Waals surface area contributed by atoms with Crippen molar-refractivity contribution in [3.63, 3.8) is 0 Å². The van der Waals surface area contributed by atoms with E-state index in [-0.39, 0.29) is 5.91 Å². The first-order valence-electron chi connectivity index (χ1n) is 6.68. The molecule has 0 fully saturated rings. The number of nitrogens with zero attached hydrogens (tertiary/aromatic N) is 1. The van der Waals surface area contributed by atoms with E-state index in [1.807, 2.05) is 36.4 Å². The maximum atomic E-state index is 12.1. The standard InChI is InChI=1S/C16H15N3OS/c17-13-1-2-14-12(9-13)10-15(21-14)16(20)19-8-5-11-3-6-18-7-4-11/h1-4,6-7,9-10H,5,8,17H2,(H,19,20). The number of fused-ring (bicyclic) bond motifs is 1. The largest absolute Gasteiger partial charge is 0.399 e. The second-order valence-electron chi connectivity index (χ2n) is 4.77. The van der Waals surface area contributed by atoms with Crippen LogP contribution in [0.4, 0.5) is 5.69 Å². The van der Waals surface area contributed by atoms with Crippen molar-refractivity contribution in [1.29, 1.82) is 0 Å². The summed E-state index contributed by atoms with van der Waals surface area (Å²) in [4.78, 5) is 16.8. The lowest BCUT2D eigenvalue weighted by molar-refractivity contribution is 0.0958. The van der Waals surface area contributed by atoms with Crippen molar-refractivity contribution < 1.29 is 4.79 Å². The minimum Gasteiger partial charge on any atom is -0.399 e. The Bertz CT molecular complexity index is 768. The number of carbonyl (C=O) groups is 1. The number of rotatable bonds is 4. The Labute approximate surface area is 126 Å². The Balaban J connectivity index is 1.64. The topological polar surface area (TPSA) is 68.0 Å². The molecule has 0 aliphatic heterocycles. The van der Waals surface area contributed by atoms with Crippen molar-refractivity contribution >= 4 is 33.0 Å². The van der Waals surface area contributed by atoms with E-state index in [1.165, 1.54) is 11.3 Å². The summed E-state index contributed by atoms with van der Waals surface area (Å²) in [6.07, 6.45) is 4.31. The zero-order chi connectivity index (χ0) is 14.7. The highest BCUT2D eigenvalue weighted by molar-refractivity contribution is 7.20. The molecule has 1 amide bonds. The molecule has 0 radical (unpaired) electrons. The normalized spacial score (nSPS) is 10.7. The van der Waals surface area contributed by atoms with Gasteiger partial charge in [-0.15, -0.1) is 11.3 Å². The van der Waals surface area contributed by atoms with Crippen LogP contribution in [0.1, 0.15) is 15.2 Å². The van der Waals surface area contributed by atoms with Gasteiger partial charge in [0.1, 0.15) is 0 Å².